The standard InChI is InChI=1S/C20H21N3O2S3/c1-4-6-27-19-22-21-18(28-19)23-14-9-20(2,3)10-15(24)17(14)13(8-16(23)25)12-5-7-26-11-12/h4-5,7,11,13H,1,6,8-10H2,2-3H3/t13-/m0/s1. The summed E-state index contributed by atoms with van der Waals surface area (Å²) in [6.45, 7) is 7.88. The first kappa shape index (κ1) is 19.5. The van der Waals surface area contributed by atoms with Gasteiger partial charge in [0, 0.05) is 35.8 Å². The van der Waals surface area contributed by atoms with Crippen molar-refractivity contribution in [2.75, 3.05) is 10.7 Å². The van der Waals surface area contributed by atoms with Crippen molar-refractivity contribution < 1.29 is 9.59 Å². The van der Waals surface area contributed by atoms with Crippen molar-refractivity contribution in [3.05, 3.63) is 46.3 Å². The lowest BCUT2D eigenvalue weighted by atomic mass is 9.69. The van der Waals surface area contributed by atoms with E-state index in [0.29, 0.717) is 18.0 Å². The van der Waals surface area contributed by atoms with Gasteiger partial charge in [0.25, 0.3) is 0 Å². The van der Waals surface area contributed by atoms with Crippen LogP contribution < -0.4 is 4.90 Å². The topological polar surface area (TPSA) is 63.2 Å². The van der Waals surface area contributed by atoms with Gasteiger partial charge in [-0.1, -0.05) is 43.0 Å². The number of hydrogen-bond acceptors (Lipinski definition) is 7. The second-order valence-electron chi connectivity index (χ2n) is 7.79. The number of ketones is 1. The van der Waals surface area contributed by atoms with Gasteiger partial charge in [0.2, 0.25) is 11.0 Å². The van der Waals surface area contributed by atoms with Crippen molar-refractivity contribution in [3.63, 3.8) is 0 Å². The number of nitrogens with zero attached hydrogens (tertiary/aromatic N) is 3. The predicted molar refractivity (Wildman–Crippen MR) is 115 cm³/mol. The van der Waals surface area contributed by atoms with Crippen LogP contribution >= 0.6 is 34.4 Å². The zero-order valence-corrected chi connectivity index (χ0v) is 18.3. The van der Waals surface area contributed by atoms with Crippen LogP contribution in [0, 0.1) is 5.41 Å². The second-order valence-corrected chi connectivity index (χ2v) is 10.8. The number of Topliss-reactive ketones (excluding diaryl/α,β-unsaturated/α-hetero) is 1. The fourth-order valence-electron chi connectivity index (χ4n) is 3.88. The third-order valence-corrected chi connectivity index (χ3v) is 7.74. The number of allylic oxidation sites excluding steroid dienone is 2. The van der Waals surface area contributed by atoms with Gasteiger partial charge in [0.05, 0.1) is 0 Å². The van der Waals surface area contributed by atoms with Crippen molar-refractivity contribution in [2.45, 2.75) is 43.4 Å². The Balaban J connectivity index is 1.80. The number of anilines is 1. The van der Waals surface area contributed by atoms with E-state index in [4.69, 9.17) is 0 Å². The Labute approximate surface area is 176 Å². The molecule has 1 aliphatic heterocycles. The highest BCUT2D eigenvalue weighted by atomic mass is 32.2. The molecule has 2 aliphatic rings. The van der Waals surface area contributed by atoms with Crippen LogP contribution in [0.15, 0.2) is 45.1 Å². The molecule has 0 fully saturated rings. The molecule has 0 N–H and O–H groups in total. The van der Waals surface area contributed by atoms with E-state index in [-0.39, 0.29) is 29.4 Å². The third-order valence-electron chi connectivity index (χ3n) is 5.00. The fourth-order valence-corrected chi connectivity index (χ4v) is 6.24. The summed E-state index contributed by atoms with van der Waals surface area (Å²) in [7, 11) is 0. The molecule has 0 unspecified atom stereocenters. The number of thioether (sulfide) groups is 1. The molecule has 1 atom stereocenters. The first-order chi connectivity index (χ1) is 13.4. The number of thiophene rings is 1. The van der Waals surface area contributed by atoms with Crippen molar-refractivity contribution in [2.24, 2.45) is 5.41 Å². The highest BCUT2D eigenvalue weighted by Gasteiger charge is 2.45. The summed E-state index contributed by atoms with van der Waals surface area (Å²) in [6, 6.07) is 2.02. The Kier molecular flexibility index (Phi) is 5.28. The number of aromatic nitrogens is 2. The van der Waals surface area contributed by atoms with Gasteiger partial charge in [-0.2, -0.15) is 11.3 Å². The molecule has 0 spiro atoms. The first-order valence-corrected chi connectivity index (χ1v) is 11.8. The van der Waals surface area contributed by atoms with Crippen LogP contribution in [0.1, 0.15) is 44.6 Å². The van der Waals surface area contributed by atoms with Crippen molar-refractivity contribution in [1.29, 1.82) is 0 Å². The zero-order chi connectivity index (χ0) is 19.9. The minimum absolute atomic E-state index is 0.0168. The van der Waals surface area contributed by atoms with Crippen LogP contribution in [0.25, 0.3) is 0 Å². The van der Waals surface area contributed by atoms with Crippen LogP contribution in [-0.4, -0.2) is 27.6 Å². The predicted octanol–water partition coefficient (Wildman–Crippen LogP) is 5.04. The molecule has 0 bridgehead atoms. The van der Waals surface area contributed by atoms with Gasteiger partial charge in [-0.05, 0) is 34.2 Å². The van der Waals surface area contributed by atoms with E-state index in [1.807, 2.05) is 22.9 Å². The Morgan fingerprint density at radius 3 is 2.89 bits per heavy atom. The van der Waals surface area contributed by atoms with Crippen molar-refractivity contribution in [1.82, 2.24) is 10.2 Å². The minimum Gasteiger partial charge on any atom is -0.294 e. The zero-order valence-electron chi connectivity index (χ0n) is 15.8. The summed E-state index contributed by atoms with van der Waals surface area (Å²) in [5.74, 6) is 0.709. The Hall–Kier alpha value is -1.77. The summed E-state index contributed by atoms with van der Waals surface area (Å²) in [5.41, 5.74) is 2.46. The van der Waals surface area contributed by atoms with Gasteiger partial charge in [0.15, 0.2) is 10.1 Å². The monoisotopic (exact) mass is 431 g/mol. The van der Waals surface area contributed by atoms with Gasteiger partial charge in [0.1, 0.15) is 0 Å². The summed E-state index contributed by atoms with van der Waals surface area (Å²) in [5, 5.41) is 13.1. The minimum atomic E-state index is -0.184. The van der Waals surface area contributed by atoms with Crippen molar-refractivity contribution in [3.8, 4) is 0 Å². The molecule has 1 amide bonds. The van der Waals surface area contributed by atoms with Crippen LogP contribution in [-0.2, 0) is 9.59 Å². The van der Waals surface area contributed by atoms with E-state index in [2.05, 4.69) is 30.6 Å². The summed E-state index contributed by atoms with van der Waals surface area (Å²) in [4.78, 5) is 28.0. The van der Waals surface area contributed by atoms with Gasteiger partial charge < -0.3 is 0 Å². The molecular formula is C20H21N3O2S3. The molecule has 28 heavy (non-hydrogen) atoms. The van der Waals surface area contributed by atoms with Gasteiger partial charge in [-0.3, -0.25) is 14.5 Å². The third kappa shape index (κ3) is 3.60. The number of carbonyl (C=O) groups is 2. The maximum Gasteiger partial charge on any atom is 0.234 e. The molecule has 0 saturated heterocycles. The Bertz CT molecular complexity index is 959. The van der Waals surface area contributed by atoms with E-state index in [0.717, 1.165) is 26.9 Å². The largest absolute Gasteiger partial charge is 0.294 e. The molecule has 2 aromatic heterocycles. The van der Waals surface area contributed by atoms with E-state index >= 15 is 0 Å². The maximum atomic E-state index is 13.2. The SMILES string of the molecule is C=CCSc1nnc(N2C(=O)C[C@@H](c3ccsc3)C3=C2CC(C)(C)CC3=O)s1. The molecule has 0 radical (unpaired) electrons. The lowest BCUT2D eigenvalue weighted by molar-refractivity contribution is -0.121. The molecular weight excluding hydrogens is 410 g/mol. The van der Waals surface area contributed by atoms with E-state index < -0.39 is 0 Å². The van der Waals surface area contributed by atoms with Gasteiger partial charge >= 0.3 is 0 Å². The lowest BCUT2D eigenvalue weighted by Crippen LogP contribution is -2.43. The summed E-state index contributed by atoms with van der Waals surface area (Å²) >= 11 is 4.53. The van der Waals surface area contributed by atoms with Crippen LogP contribution in [0.3, 0.4) is 0 Å². The highest BCUT2D eigenvalue weighted by Crippen LogP contribution is 2.49. The summed E-state index contributed by atoms with van der Waals surface area (Å²) in [6.07, 6.45) is 3.28. The number of hydrogen-bond donors (Lipinski definition) is 0. The molecule has 5 nitrogen and oxygen atoms in total. The molecule has 0 saturated carbocycles. The van der Waals surface area contributed by atoms with E-state index in [1.54, 1.807) is 28.0 Å². The highest BCUT2D eigenvalue weighted by molar-refractivity contribution is 8.01. The van der Waals surface area contributed by atoms with Gasteiger partial charge in [-0.25, -0.2) is 0 Å². The van der Waals surface area contributed by atoms with E-state index in [9.17, 15) is 9.59 Å². The molecule has 3 heterocycles. The number of carbonyl (C=O) groups excluding carboxylic acids is 2. The second kappa shape index (κ2) is 7.57. The van der Waals surface area contributed by atoms with Crippen molar-refractivity contribution >= 4 is 51.3 Å². The molecule has 0 aromatic carbocycles. The van der Waals surface area contributed by atoms with Crippen LogP contribution in [0.5, 0.6) is 0 Å². The molecule has 8 heteroatoms. The average Bonchev–Trinajstić information content (AvgIpc) is 3.30. The normalized spacial score (nSPS) is 21.8. The fraction of sp³-hybridized carbons (Fsp3) is 0.400. The lowest BCUT2D eigenvalue weighted by Gasteiger charge is -2.41. The Morgan fingerprint density at radius 1 is 1.36 bits per heavy atom. The first-order valence-electron chi connectivity index (χ1n) is 9.08. The van der Waals surface area contributed by atoms with E-state index in [1.165, 1.54) is 11.3 Å². The molecule has 2 aromatic rings. The smallest absolute Gasteiger partial charge is 0.234 e. The van der Waals surface area contributed by atoms with Crippen LogP contribution in [0.2, 0.25) is 0 Å². The average molecular weight is 432 g/mol. The quantitative estimate of drug-likeness (QED) is 0.377. The summed E-state index contributed by atoms with van der Waals surface area (Å²) < 4.78 is 0.797. The number of rotatable bonds is 5. The maximum absolute atomic E-state index is 13.2. The molecule has 4 rings (SSSR count). The Morgan fingerprint density at radius 2 is 2.18 bits per heavy atom. The molecule has 146 valence electrons. The number of amides is 1. The van der Waals surface area contributed by atoms with Gasteiger partial charge in [-0.15, -0.1) is 16.8 Å². The molecule has 1 aliphatic carbocycles. The van der Waals surface area contributed by atoms with Crippen LogP contribution in [0.4, 0.5) is 5.13 Å².